The molecule has 1 atom stereocenters. The molecular formula is C25H27N5O. The average Bonchev–Trinajstić information content (AvgIpc) is 3.34. The second kappa shape index (κ2) is 9.23. The van der Waals surface area contributed by atoms with E-state index in [-0.39, 0.29) is 5.56 Å². The van der Waals surface area contributed by atoms with Crippen LogP contribution in [0.2, 0.25) is 0 Å². The lowest BCUT2D eigenvalue weighted by molar-refractivity contribution is 0.526. The van der Waals surface area contributed by atoms with Crippen LogP contribution in [0, 0.1) is 17.2 Å². The quantitative estimate of drug-likeness (QED) is 0.669. The summed E-state index contributed by atoms with van der Waals surface area (Å²) in [6, 6.07) is 13.9. The molecule has 3 heterocycles. The molecule has 0 bridgehead atoms. The zero-order chi connectivity index (χ0) is 21.8. The van der Waals surface area contributed by atoms with Gasteiger partial charge >= 0.3 is 0 Å². The van der Waals surface area contributed by atoms with Gasteiger partial charge in [0.2, 0.25) is 0 Å². The highest BCUT2D eigenvalue weighted by Gasteiger charge is 2.20. The fourth-order valence-corrected chi connectivity index (χ4v) is 4.18. The van der Waals surface area contributed by atoms with Crippen LogP contribution in [0.4, 0.5) is 0 Å². The lowest BCUT2D eigenvalue weighted by atomic mass is 9.99. The standard InChI is InChI=1S/C25H27N5O/c1-3-17-4-7-19(8-5-17)24-23(20-9-10-21(14-26)28-16-20)29-22(25(31)30(24)2)11-6-18-12-13-27-15-18/h4-5,7-10,16,18,27H,3,6,11-13,15H2,1-2H3/t18-/m0/s1. The Labute approximate surface area is 182 Å². The maximum absolute atomic E-state index is 13.2. The molecule has 1 N–H and O–H groups in total. The van der Waals surface area contributed by atoms with Gasteiger partial charge in [0.25, 0.3) is 5.56 Å². The maximum atomic E-state index is 13.2. The molecule has 1 aliphatic heterocycles. The summed E-state index contributed by atoms with van der Waals surface area (Å²) in [7, 11) is 1.81. The number of rotatable bonds is 6. The van der Waals surface area contributed by atoms with Gasteiger partial charge < -0.3 is 9.88 Å². The average molecular weight is 414 g/mol. The van der Waals surface area contributed by atoms with Crippen molar-refractivity contribution in [2.24, 2.45) is 13.0 Å². The summed E-state index contributed by atoms with van der Waals surface area (Å²) in [5.41, 5.74) is 5.37. The SMILES string of the molecule is CCc1ccc(-c2c(-c3ccc(C#N)nc3)nc(CC[C@H]3CCNC3)c(=O)n2C)cc1. The molecule has 1 saturated heterocycles. The number of aromatic nitrogens is 3. The van der Waals surface area contributed by atoms with Gasteiger partial charge in [-0.2, -0.15) is 5.26 Å². The van der Waals surface area contributed by atoms with Gasteiger partial charge in [-0.25, -0.2) is 9.97 Å². The minimum absolute atomic E-state index is 0.0501. The van der Waals surface area contributed by atoms with Crippen LogP contribution in [0.25, 0.3) is 22.5 Å². The lowest BCUT2D eigenvalue weighted by Crippen LogP contribution is -2.26. The lowest BCUT2D eigenvalue weighted by Gasteiger charge is -2.17. The summed E-state index contributed by atoms with van der Waals surface area (Å²) in [6.45, 7) is 4.17. The number of hydrogen-bond donors (Lipinski definition) is 1. The van der Waals surface area contributed by atoms with Gasteiger partial charge in [0.1, 0.15) is 17.5 Å². The Morgan fingerprint density at radius 2 is 1.97 bits per heavy atom. The normalized spacial score (nSPS) is 15.7. The van der Waals surface area contributed by atoms with E-state index in [4.69, 9.17) is 10.2 Å². The molecule has 6 heteroatoms. The van der Waals surface area contributed by atoms with E-state index in [1.54, 1.807) is 16.8 Å². The van der Waals surface area contributed by atoms with Gasteiger partial charge in [-0.1, -0.05) is 31.2 Å². The molecule has 4 rings (SSSR count). The van der Waals surface area contributed by atoms with Crippen molar-refractivity contribution in [1.82, 2.24) is 19.9 Å². The van der Waals surface area contributed by atoms with Crippen molar-refractivity contribution < 1.29 is 0 Å². The Balaban J connectivity index is 1.82. The molecule has 0 unspecified atom stereocenters. The molecule has 1 aliphatic rings. The predicted octanol–water partition coefficient (Wildman–Crippen LogP) is 3.49. The molecule has 0 aliphatic carbocycles. The summed E-state index contributed by atoms with van der Waals surface area (Å²) >= 11 is 0. The predicted molar refractivity (Wildman–Crippen MR) is 122 cm³/mol. The van der Waals surface area contributed by atoms with Gasteiger partial charge in [-0.05, 0) is 62.4 Å². The molecule has 0 radical (unpaired) electrons. The number of pyridine rings is 1. The first-order valence-electron chi connectivity index (χ1n) is 10.9. The molecular weight excluding hydrogens is 386 g/mol. The summed E-state index contributed by atoms with van der Waals surface area (Å²) in [4.78, 5) is 22.3. The van der Waals surface area contributed by atoms with Gasteiger partial charge in [0.05, 0.1) is 11.4 Å². The third-order valence-electron chi connectivity index (χ3n) is 6.10. The van der Waals surface area contributed by atoms with Crippen LogP contribution in [-0.2, 0) is 19.9 Å². The van der Waals surface area contributed by atoms with Crippen LogP contribution >= 0.6 is 0 Å². The molecule has 158 valence electrons. The van der Waals surface area contributed by atoms with Crippen LogP contribution < -0.4 is 10.9 Å². The molecule has 2 aromatic heterocycles. The first-order valence-corrected chi connectivity index (χ1v) is 10.9. The minimum Gasteiger partial charge on any atom is -0.316 e. The molecule has 3 aromatic rings. The van der Waals surface area contributed by atoms with Crippen molar-refractivity contribution in [3.8, 4) is 28.6 Å². The third kappa shape index (κ3) is 4.42. The number of nitrogens with zero attached hydrogens (tertiary/aromatic N) is 4. The van der Waals surface area contributed by atoms with E-state index in [1.807, 2.05) is 25.2 Å². The van der Waals surface area contributed by atoms with Gasteiger partial charge in [-0.15, -0.1) is 0 Å². The zero-order valence-corrected chi connectivity index (χ0v) is 18.1. The maximum Gasteiger partial charge on any atom is 0.272 e. The fourth-order valence-electron chi connectivity index (χ4n) is 4.18. The van der Waals surface area contributed by atoms with Crippen LogP contribution in [0.3, 0.4) is 0 Å². The van der Waals surface area contributed by atoms with Gasteiger partial charge in [-0.3, -0.25) is 4.79 Å². The van der Waals surface area contributed by atoms with Crippen LogP contribution in [0.1, 0.15) is 36.7 Å². The number of hydrogen-bond acceptors (Lipinski definition) is 5. The van der Waals surface area contributed by atoms with Crippen LogP contribution in [0.15, 0.2) is 47.4 Å². The van der Waals surface area contributed by atoms with Gasteiger partial charge in [0.15, 0.2) is 0 Å². The van der Waals surface area contributed by atoms with Crippen molar-refractivity contribution in [3.63, 3.8) is 0 Å². The third-order valence-corrected chi connectivity index (χ3v) is 6.10. The van der Waals surface area contributed by atoms with Crippen molar-refractivity contribution >= 4 is 0 Å². The second-order valence-electron chi connectivity index (χ2n) is 8.11. The van der Waals surface area contributed by atoms with Crippen molar-refractivity contribution in [2.75, 3.05) is 13.1 Å². The van der Waals surface area contributed by atoms with Crippen molar-refractivity contribution in [2.45, 2.75) is 32.6 Å². The Bertz CT molecular complexity index is 1150. The number of benzene rings is 1. The number of aryl methyl sites for hydroxylation is 2. The van der Waals surface area contributed by atoms with E-state index in [9.17, 15) is 4.79 Å². The van der Waals surface area contributed by atoms with Crippen LogP contribution in [-0.4, -0.2) is 27.6 Å². The van der Waals surface area contributed by atoms with Gasteiger partial charge in [0, 0.05) is 24.4 Å². The Kier molecular flexibility index (Phi) is 6.24. The van der Waals surface area contributed by atoms with E-state index < -0.39 is 0 Å². The Morgan fingerprint density at radius 3 is 2.58 bits per heavy atom. The summed E-state index contributed by atoms with van der Waals surface area (Å²) in [5, 5.41) is 12.5. The summed E-state index contributed by atoms with van der Waals surface area (Å²) < 4.78 is 1.71. The first-order chi connectivity index (χ1) is 15.1. The minimum atomic E-state index is -0.0501. The fraction of sp³-hybridized carbons (Fsp3) is 0.360. The largest absolute Gasteiger partial charge is 0.316 e. The molecule has 31 heavy (non-hydrogen) atoms. The molecule has 0 spiro atoms. The van der Waals surface area contributed by atoms with E-state index in [2.05, 4.69) is 35.4 Å². The number of nitriles is 1. The Morgan fingerprint density at radius 1 is 1.19 bits per heavy atom. The monoisotopic (exact) mass is 413 g/mol. The Hall–Kier alpha value is -3.30. The summed E-state index contributed by atoms with van der Waals surface area (Å²) in [6.07, 6.45) is 5.38. The van der Waals surface area contributed by atoms with Crippen LogP contribution in [0.5, 0.6) is 0 Å². The highest BCUT2D eigenvalue weighted by molar-refractivity contribution is 5.78. The van der Waals surface area contributed by atoms with E-state index in [0.29, 0.717) is 23.7 Å². The highest BCUT2D eigenvalue weighted by atomic mass is 16.1. The van der Waals surface area contributed by atoms with Crippen molar-refractivity contribution in [3.05, 3.63) is 69.9 Å². The van der Waals surface area contributed by atoms with E-state index >= 15 is 0 Å². The number of nitrogens with one attached hydrogen (secondary N) is 1. The van der Waals surface area contributed by atoms with E-state index in [1.165, 1.54) is 5.56 Å². The van der Waals surface area contributed by atoms with E-state index in [0.717, 1.165) is 54.9 Å². The summed E-state index contributed by atoms with van der Waals surface area (Å²) in [5.74, 6) is 0.591. The molecule has 6 nitrogen and oxygen atoms in total. The van der Waals surface area contributed by atoms with Crippen molar-refractivity contribution in [1.29, 1.82) is 5.26 Å². The highest BCUT2D eigenvalue weighted by Crippen LogP contribution is 2.30. The first kappa shape index (κ1) is 21.0. The molecule has 0 saturated carbocycles. The molecule has 1 fully saturated rings. The second-order valence-corrected chi connectivity index (χ2v) is 8.11. The smallest absolute Gasteiger partial charge is 0.272 e. The zero-order valence-electron chi connectivity index (χ0n) is 18.1. The topological polar surface area (TPSA) is 83.6 Å². The molecule has 0 amide bonds. The molecule has 1 aromatic carbocycles.